The third-order valence-corrected chi connectivity index (χ3v) is 5.58. The molecule has 1 aliphatic heterocycles. The molecule has 0 radical (unpaired) electrons. The number of nitrogens with zero attached hydrogens (tertiary/aromatic N) is 4. The van der Waals surface area contributed by atoms with Crippen LogP contribution in [-0.4, -0.2) is 32.8 Å². The van der Waals surface area contributed by atoms with Crippen molar-refractivity contribution in [2.45, 2.75) is 33.1 Å². The Morgan fingerprint density at radius 3 is 2.19 bits per heavy atom. The van der Waals surface area contributed by atoms with Gasteiger partial charge in [-0.25, -0.2) is 4.98 Å². The molecule has 0 aliphatic carbocycles. The number of nitrogens with one attached hydrogen (secondary N) is 1. The van der Waals surface area contributed by atoms with E-state index in [-0.39, 0.29) is 11.8 Å². The molecule has 31 heavy (non-hydrogen) atoms. The lowest BCUT2D eigenvalue weighted by atomic mass is 10.0. The highest BCUT2D eigenvalue weighted by Crippen LogP contribution is 2.27. The van der Waals surface area contributed by atoms with Crippen molar-refractivity contribution in [3.63, 3.8) is 0 Å². The van der Waals surface area contributed by atoms with Gasteiger partial charge >= 0.3 is 0 Å². The van der Waals surface area contributed by atoms with Crippen LogP contribution in [0.1, 0.15) is 34.8 Å². The van der Waals surface area contributed by atoms with E-state index in [1.165, 1.54) is 11.1 Å². The van der Waals surface area contributed by atoms with Crippen molar-refractivity contribution >= 4 is 17.5 Å². The van der Waals surface area contributed by atoms with Crippen molar-refractivity contribution in [1.29, 1.82) is 0 Å². The number of aromatic nitrogens is 3. The normalized spacial score (nSPS) is 16.1. The number of hydrogen-bond acceptors (Lipinski definition) is 5. The summed E-state index contributed by atoms with van der Waals surface area (Å²) < 4.78 is 0. The zero-order chi connectivity index (χ0) is 22.0. The van der Waals surface area contributed by atoms with Gasteiger partial charge in [0.25, 0.3) is 0 Å². The molecule has 1 fully saturated rings. The van der Waals surface area contributed by atoms with Crippen LogP contribution >= 0.6 is 0 Å². The molecule has 1 aromatic heterocycles. The van der Waals surface area contributed by atoms with Crippen LogP contribution in [0.2, 0.25) is 0 Å². The first kappa shape index (κ1) is 20.7. The van der Waals surface area contributed by atoms with Crippen LogP contribution in [0.3, 0.4) is 0 Å². The van der Waals surface area contributed by atoms with E-state index in [1.54, 1.807) is 11.9 Å². The summed E-state index contributed by atoms with van der Waals surface area (Å²) >= 11 is 0. The second kappa shape index (κ2) is 8.68. The van der Waals surface area contributed by atoms with E-state index in [1.807, 2.05) is 31.2 Å². The Morgan fingerprint density at radius 1 is 0.968 bits per heavy atom. The van der Waals surface area contributed by atoms with Gasteiger partial charge in [-0.05, 0) is 38.0 Å². The van der Waals surface area contributed by atoms with E-state index in [0.29, 0.717) is 36.9 Å². The number of benzene rings is 2. The molecule has 1 atom stereocenters. The average molecular weight is 414 g/mol. The van der Waals surface area contributed by atoms with Crippen molar-refractivity contribution in [3.05, 3.63) is 89.1 Å². The molecule has 3 aromatic rings. The van der Waals surface area contributed by atoms with Crippen LogP contribution < -0.4 is 5.32 Å². The third-order valence-electron chi connectivity index (χ3n) is 5.58. The van der Waals surface area contributed by atoms with Crippen molar-refractivity contribution in [1.82, 2.24) is 19.9 Å². The molecule has 0 saturated carbocycles. The second-order valence-corrected chi connectivity index (χ2v) is 8.21. The SMILES string of the molecule is C=C1CC(Cc2nc(Cc3ccc(C)cc3)nc(Nc3ccc(C)cc3)n2)C(=O)N1C. The molecule has 158 valence electrons. The molecule has 6 heteroatoms. The summed E-state index contributed by atoms with van der Waals surface area (Å²) in [7, 11) is 1.77. The molecule has 0 spiro atoms. The zero-order valence-corrected chi connectivity index (χ0v) is 18.2. The number of amides is 1. The van der Waals surface area contributed by atoms with Gasteiger partial charge in [0.05, 0.1) is 5.92 Å². The molecule has 6 nitrogen and oxygen atoms in total. The van der Waals surface area contributed by atoms with Gasteiger partial charge in [-0.1, -0.05) is 54.1 Å². The van der Waals surface area contributed by atoms with E-state index in [0.717, 1.165) is 16.9 Å². The number of carbonyl (C=O) groups is 1. The van der Waals surface area contributed by atoms with Crippen LogP contribution in [0, 0.1) is 19.8 Å². The Bertz CT molecular complexity index is 1040. The minimum atomic E-state index is -0.181. The number of aryl methyl sites for hydroxylation is 2. The van der Waals surface area contributed by atoms with Gasteiger partial charge in [0, 0.05) is 31.3 Å². The topological polar surface area (TPSA) is 71.0 Å². The monoisotopic (exact) mass is 413 g/mol. The van der Waals surface area contributed by atoms with Gasteiger partial charge in [-0.15, -0.1) is 0 Å². The summed E-state index contributed by atoms with van der Waals surface area (Å²) in [6.07, 6.45) is 1.70. The number of carbonyl (C=O) groups excluding carboxylic acids is 1. The van der Waals surface area contributed by atoms with E-state index in [9.17, 15) is 4.79 Å². The van der Waals surface area contributed by atoms with E-state index in [4.69, 9.17) is 4.98 Å². The van der Waals surface area contributed by atoms with E-state index < -0.39 is 0 Å². The van der Waals surface area contributed by atoms with Crippen LogP contribution in [0.5, 0.6) is 0 Å². The number of allylic oxidation sites excluding steroid dienone is 1. The smallest absolute Gasteiger partial charge is 0.230 e. The minimum absolute atomic E-state index is 0.0681. The lowest BCUT2D eigenvalue weighted by molar-refractivity contribution is -0.129. The summed E-state index contributed by atoms with van der Waals surface area (Å²) in [4.78, 5) is 28.1. The predicted molar refractivity (Wildman–Crippen MR) is 122 cm³/mol. The van der Waals surface area contributed by atoms with Crippen LogP contribution in [0.4, 0.5) is 11.6 Å². The maximum Gasteiger partial charge on any atom is 0.230 e. The maximum absolute atomic E-state index is 12.5. The Balaban J connectivity index is 1.62. The molecule has 2 heterocycles. The Kier molecular flexibility index (Phi) is 5.80. The molecule has 1 N–H and O–H groups in total. The Hall–Kier alpha value is -3.54. The van der Waals surface area contributed by atoms with Gasteiger partial charge in [0.1, 0.15) is 11.6 Å². The molecule has 1 unspecified atom stereocenters. The number of hydrogen-bond donors (Lipinski definition) is 1. The first-order valence-electron chi connectivity index (χ1n) is 10.5. The Labute approximate surface area is 183 Å². The molecule has 1 saturated heterocycles. The highest BCUT2D eigenvalue weighted by atomic mass is 16.2. The lowest BCUT2D eigenvalue weighted by Gasteiger charge is -2.12. The summed E-state index contributed by atoms with van der Waals surface area (Å²) in [6, 6.07) is 16.4. The molecule has 2 aromatic carbocycles. The van der Waals surface area contributed by atoms with Crippen molar-refractivity contribution < 1.29 is 4.79 Å². The molecule has 0 bridgehead atoms. The van der Waals surface area contributed by atoms with Gasteiger partial charge in [-0.3, -0.25) is 4.79 Å². The Morgan fingerprint density at radius 2 is 1.58 bits per heavy atom. The van der Waals surface area contributed by atoms with Gasteiger partial charge in [0.15, 0.2) is 0 Å². The van der Waals surface area contributed by atoms with Crippen molar-refractivity contribution in [2.24, 2.45) is 5.92 Å². The molecule has 1 aliphatic rings. The fourth-order valence-electron chi connectivity index (χ4n) is 3.67. The first-order valence-corrected chi connectivity index (χ1v) is 10.5. The van der Waals surface area contributed by atoms with Crippen LogP contribution in [0.15, 0.2) is 60.8 Å². The highest BCUT2D eigenvalue weighted by Gasteiger charge is 2.33. The fraction of sp³-hybridized carbons (Fsp3) is 0.280. The summed E-state index contributed by atoms with van der Waals surface area (Å²) in [5.41, 5.74) is 5.28. The summed E-state index contributed by atoms with van der Waals surface area (Å²) in [5.74, 6) is 1.68. The summed E-state index contributed by atoms with van der Waals surface area (Å²) in [5, 5.41) is 3.29. The first-order chi connectivity index (χ1) is 14.9. The molecular weight excluding hydrogens is 386 g/mol. The largest absolute Gasteiger partial charge is 0.324 e. The number of likely N-dealkylation sites (tertiary alicyclic amines) is 1. The van der Waals surface area contributed by atoms with Gasteiger partial charge in [-0.2, -0.15) is 9.97 Å². The maximum atomic E-state index is 12.5. The zero-order valence-electron chi connectivity index (χ0n) is 18.2. The van der Waals surface area contributed by atoms with Crippen molar-refractivity contribution in [2.75, 3.05) is 12.4 Å². The average Bonchev–Trinajstić information content (AvgIpc) is 2.98. The van der Waals surface area contributed by atoms with Gasteiger partial charge < -0.3 is 10.2 Å². The number of rotatable bonds is 6. The molecule has 4 rings (SSSR count). The standard InChI is InChI=1S/C25H27N5O/c1-16-5-9-19(10-6-16)14-22-27-23(15-20-13-18(3)30(4)24(20)31)29-25(28-22)26-21-11-7-17(2)8-12-21/h5-12,20H,3,13-15H2,1-2,4H3,(H,26,27,28,29). The quantitative estimate of drug-likeness (QED) is 0.650. The lowest BCUT2D eigenvalue weighted by Crippen LogP contribution is -2.23. The van der Waals surface area contributed by atoms with E-state index in [2.05, 4.69) is 53.1 Å². The summed E-state index contributed by atoms with van der Waals surface area (Å²) in [6.45, 7) is 8.09. The van der Waals surface area contributed by atoms with Crippen LogP contribution in [-0.2, 0) is 17.6 Å². The third kappa shape index (κ3) is 4.97. The van der Waals surface area contributed by atoms with Crippen LogP contribution in [0.25, 0.3) is 0 Å². The van der Waals surface area contributed by atoms with Gasteiger partial charge in [0.2, 0.25) is 11.9 Å². The van der Waals surface area contributed by atoms with Crippen molar-refractivity contribution in [3.8, 4) is 0 Å². The highest BCUT2D eigenvalue weighted by molar-refractivity contribution is 5.83. The number of anilines is 2. The molecule has 1 amide bonds. The fourth-order valence-corrected chi connectivity index (χ4v) is 3.67. The second-order valence-electron chi connectivity index (χ2n) is 8.21. The van der Waals surface area contributed by atoms with E-state index >= 15 is 0 Å². The minimum Gasteiger partial charge on any atom is -0.324 e. The predicted octanol–water partition coefficient (Wildman–Crippen LogP) is 4.36. The molecular formula is C25H27N5O.